The third-order valence-electron chi connectivity index (χ3n) is 2.98. The summed E-state index contributed by atoms with van der Waals surface area (Å²) < 4.78 is 5.19. The number of methoxy groups -OCH3 is 1. The number of ether oxygens (including phenoxy) is 1. The molecule has 2 N–H and O–H groups in total. The van der Waals surface area contributed by atoms with Crippen molar-refractivity contribution in [2.75, 3.05) is 12.4 Å². The number of nitrogens with one attached hydrogen (secondary N) is 1. The van der Waals surface area contributed by atoms with Gasteiger partial charge in [-0.1, -0.05) is 36.4 Å². The number of hydrogen-bond donors (Lipinski definition) is 2. The number of amides is 1. The Morgan fingerprint density at radius 1 is 1.20 bits per heavy atom. The summed E-state index contributed by atoms with van der Waals surface area (Å²) in [6.07, 6.45) is -1.21. The molecule has 0 fully saturated rings. The molecule has 2 aromatic carbocycles. The second-order valence-corrected chi connectivity index (χ2v) is 4.51. The maximum absolute atomic E-state index is 12.1. The van der Waals surface area contributed by atoms with Gasteiger partial charge in [0.2, 0.25) is 0 Å². The number of anilines is 1. The van der Waals surface area contributed by atoms with Gasteiger partial charge in [0.05, 0.1) is 12.8 Å². The molecule has 0 spiro atoms. The molecule has 4 heteroatoms. The average molecular weight is 271 g/mol. The molecule has 0 aliphatic rings. The van der Waals surface area contributed by atoms with Gasteiger partial charge in [-0.15, -0.1) is 0 Å². The van der Waals surface area contributed by atoms with Crippen LogP contribution in [0.5, 0.6) is 5.75 Å². The van der Waals surface area contributed by atoms with Gasteiger partial charge in [-0.2, -0.15) is 0 Å². The highest BCUT2D eigenvalue weighted by molar-refractivity contribution is 5.96. The minimum Gasteiger partial charge on any atom is -0.495 e. The molecule has 0 saturated carbocycles. The minimum atomic E-state index is -1.21. The van der Waals surface area contributed by atoms with Crippen molar-refractivity contribution < 1.29 is 14.6 Å². The summed E-state index contributed by atoms with van der Waals surface area (Å²) in [5, 5.41) is 12.7. The van der Waals surface area contributed by atoms with E-state index in [0.717, 1.165) is 5.56 Å². The zero-order chi connectivity index (χ0) is 14.5. The van der Waals surface area contributed by atoms with E-state index < -0.39 is 12.0 Å². The Morgan fingerprint density at radius 3 is 2.55 bits per heavy atom. The van der Waals surface area contributed by atoms with Crippen LogP contribution in [-0.2, 0) is 4.79 Å². The number of rotatable bonds is 4. The molecule has 0 aliphatic carbocycles. The van der Waals surface area contributed by atoms with Crippen molar-refractivity contribution in [2.45, 2.75) is 13.0 Å². The van der Waals surface area contributed by atoms with Crippen LogP contribution in [0.15, 0.2) is 48.5 Å². The molecule has 1 amide bonds. The second-order valence-electron chi connectivity index (χ2n) is 4.51. The number of benzene rings is 2. The number of aliphatic hydroxyl groups excluding tert-OH is 1. The van der Waals surface area contributed by atoms with Gasteiger partial charge in [0.15, 0.2) is 6.10 Å². The SMILES string of the molecule is COc1ccc(C)cc1NC(=O)C(O)c1ccccc1. The highest BCUT2D eigenvalue weighted by Crippen LogP contribution is 2.26. The first-order valence-electron chi connectivity index (χ1n) is 6.30. The topological polar surface area (TPSA) is 58.6 Å². The number of aryl methyl sites for hydroxylation is 1. The molecule has 0 aliphatic heterocycles. The Balaban J connectivity index is 2.18. The van der Waals surface area contributed by atoms with Crippen molar-refractivity contribution >= 4 is 11.6 Å². The average Bonchev–Trinajstić information content (AvgIpc) is 2.47. The van der Waals surface area contributed by atoms with Crippen molar-refractivity contribution in [3.63, 3.8) is 0 Å². The lowest BCUT2D eigenvalue weighted by Crippen LogP contribution is -2.21. The van der Waals surface area contributed by atoms with Gasteiger partial charge in [0.1, 0.15) is 5.75 Å². The third kappa shape index (κ3) is 3.16. The Morgan fingerprint density at radius 2 is 1.90 bits per heavy atom. The van der Waals surface area contributed by atoms with Crippen molar-refractivity contribution in [3.05, 3.63) is 59.7 Å². The fraction of sp³-hybridized carbons (Fsp3) is 0.188. The van der Waals surface area contributed by atoms with Crippen molar-refractivity contribution in [1.82, 2.24) is 0 Å². The Hall–Kier alpha value is -2.33. The van der Waals surface area contributed by atoms with Crippen LogP contribution in [-0.4, -0.2) is 18.1 Å². The standard InChI is InChI=1S/C16H17NO3/c1-11-8-9-14(20-2)13(10-11)17-16(19)15(18)12-6-4-3-5-7-12/h3-10,15,18H,1-2H3,(H,17,19). The van der Waals surface area contributed by atoms with Crippen LogP contribution in [0.2, 0.25) is 0 Å². The van der Waals surface area contributed by atoms with E-state index in [-0.39, 0.29) is 0 Å². The lowest BCUT2D eigenvalue weighted by Gasteiger charge is -2.14. The maximum atomic E-state index is 12.1. The predicted molar refractivity (Wildman–Crippen MR) is 77.8 cm³/mol. The fourth-order valence-electron chi connectivity index (χ4n) is 1.91. The van der Waals surface area contributed by atoms with E-state index in [4.69, 9.17) is 4.74 Å². The monoisotopic (exact) mass is 271 g/mol. The lowest BCUT2D eigenvalue weighted by molar-refractivity contribution is -0.124. The first-order chi connectivity index (χ1) is 9.61. The van der Waals surface area contributed by atoms with Gasteiger partial charge in [-0.3, -0.25) is 4.79 Å². The summed E-state index contributed by atoms with van der Waals surface area (Å²) in [4.78, 5) is 12.1. The van der Waals surface area contributed by atoms with Gasteiger partial charge < -0.3 is 15.2 Å². The largest absolute Gasteiger partial charge is 0.495 e. The molecular weight excluding hydrogens is 254 g/mol. The smallest absolute Gasteiger partial charge is 0.257 e. The lowest BCUT2D eigenvalue weighted by atomic mass is 10.1. The van der Waals surface area contributed by atoms with Gasteiger partial charge >= 0.3 is 0 Å². The van der Waals surface area contributed by atoms with Crippen LogP contribution in [0.1, 0.15) is 17.2 Å². The predicted octanol–water partition coefficient (Wildman–Crippen LogP) is 2.68. The zero-order valence-corrected chi connectivity index (χ0v) is 11.5. The molecule has 0 bridgehead atoms. The summed E-state index contributed by atoms with van der Waals surface area (Å²) in [5.41, 5.74) is 2.10. The summed E-state index contributed by atoms with van der Waals surface area (Å²) in [6, 6.07) is 14.3. The number of carbonyl (C=O) groups is 1. The number of hydrogen-bond acceptors (Lipinski definition) is 3. The summed E-state index contributed by atoms with van der Waals surface area (Å²) >= 11 is 0. The highest BCUT2D eigenvalue weighted by Gasteiger charge is 2.18. The molecule has 0 saturated heterocycles. The van der Waals surface area contributed by atoms with Crippen LogP contribution >= 0.6 is 0 Å². The minimum absolute atomic E-state index is 0.486. The van der Waals surface area contributed by atoms with Crippen LogP contribution in [0.3, 0.4) is 0 Å². The highest BCUT2D eigenvalue weighted by atomic mass is 16.5. The van der Waals surface area contributed by atoms with E-state index in [9.17, 15) is 9.90 Å². The number of aliphatic hydroxyl groups is 1. The molecule has 0 heterocycles. The Kier molecular flexibility index (Phi) is 4.38. The van der Waals surface area contributed by atoms with Gasteiger partial charge in [0, 0.05) is 0 Å². The molecule has 0 radical (unpaired) electrons. The first kappa shape index (κ1) is 14.1. The first-order valence-corrected chi connectivity index (χ1v) is 6.30. The van der Waals surface area contributed by atoms with Crippen molar-refractivity contribution in [1.29, 1.82) is 0 Å². The molecule has 1 atom stereocenters. The zero-order valence-electron chi connectivity index (χ0n) is 11.5. The molecule has 20 heavy (non-hydrogen) atoms. The fourth-order valence-corrected chi connectivity index (χ4v) is 1.91. The molecule has 2 aromatic rings. The normalized spacial score (nSPS) is 11.8. The van der Waals surface area contributed by atoms with E-state index in [2.05, 4.69) is 5.32 Å². The summed E-state index contributed by atoms with van der Waals surface area (Å²) in [5.74, 6) is 0.0734. The van der Waals surface area contributed by atoms with Crippen molar-refractivity contribution in [3.8, 4) is 5.75 Å². The molecule has 0 aromatic heterocycles. The van der Waals surface area contributed by atoms with Gasteiger partial charge in [0.25, 0.3) is 5.91 Å². The van der Waals surface area contributed by atoms with Gasteiger partial charge in [-0.05, 0) is 30.2 Å². The number of carbonyl (C=O) groups excluding carboxylic acids is 1. The van der Waals surface area contributed by atoms with E-state index >= 15 is 0 Å². The van der Waals surface area contributed by atoms with E-state index in [1.807, 2.05) is 19.1 Å². The molecule has 4 nitrogen and oxygen atoms in total. The van der Waals surface area contributed by atoms with E-state index in [1.165, 1.54) is 7.11 Å². The van der Waals surface area contributed by atoms with E-state index in [0.29, 0.717) is 17.0 Å². The summed E-state index contributed by atoms with van der Waals surface area (Å²) in [7, 11) is 1.54. The third-order valence-corrected chi connectivity index (χ3v) is 2.98. The molecule has 104 valence electrons. The quantitative estimate of drug-likeness (QED) is 0.898. The van der Waals surface area contributed by atoms with Gasteiger partial charge in [-0.25, -0.2) is 0 Å². The Labute approximate surface area is 118 Å². The molecule has 1 unspecified atom stereocenters. The summed E-state index contributed by atoms with van der Waals surface area (Å²) in [6.45, 7) is 1.92. The van der Waals surface area contributed by atoms with Crippen LogP contribution in [0.4, 0.5) is 5.69 Å². The van der Waals surface area contributed by atoms with E-state index in [1.54, 1.807) is 36.4 Å². The van der Waals surface area contributed by atoms with Crippen LogP contribution in [0.25, 0.3) is 0 Å². The van der Waals surface area contributed by atoms with Crippen LogP contribution in [0, 0.1) is 6.92 Å². The Bertz CT molecular complexity index is 596. The molecular formula is C16H17NO3. The second kappa shape index (κ2) is 6.21. The van der Waals surface area contributed by atoms with Crippen molar-refractivity contribution in [2.24, 2.45) is 0 Å². The maximum Gasteiger partial charge on any atom is 0.257 e. The van der Waals surface area contributed by atoms with Crippen LogP contribution < -0.4 is 10.1 Å². The molecule has 2 rings (SSSR count).